The molecule has 0 radical (unpaired) electrons. The van der Waals surface area contributed by atoms with Gasteiger partial charge in [-0.05, 0) is 12.0 Å². The predicted octanol–water partition coefficient (Wildman–Crippen LogP) is 1.32. The van der Waals surface area contributed by atoms with E-state index >= 15 is 0 Å². The van der Waals surface area contributed by atoms with Gasteiger partial charge in [0.1, 0.15) is 6.61 Å². The molecule has 1 aromatic rings. The van der Waals surface area contributed by atoms with Crippen LogP contribution in [0.15, 0.2) is 30.3 Å². The number of carbonyl (C=O) groups excluding carboxylic acids is 2. The minimum absolute atomic E-state index is 0.0297. The van der Waals surface area contributed by atoms with E-state index < -0.39 is 24.2 Å². The Morgan fingerprint density at radius 3 is 2.71 bits per heavy atom. The van der Waals surface area contributed by atoms with E-state index in [9.17, 15) is 14.7 Å². The maximum Gasteiger partial charge on any atom is 0.410 e. The molecule has 114 valence electrons. The largest absolute Gasteiger partial charge is 0.469 e. The number of methoxy groups -OCH3 is 1. The Bertz CT molecular complexity index is 490. The number of nitrogens with zero attached hydrogens (tertiary/aromatic N) is 1. The summed E-state index contributed by atoms with van der Waals surface area (Å²) in [7, 11) is 1.28. The van der Waals surface area contributed by atoms with Gasteiger partial charge in [-0.3, -0.25) is 4.79 Å². The van der Waals surface area contributed by atoms with E-state index in [0.717, 1.165) is 5.56 Å². The van der Waals surface area contributed by atoms with Gasteiger partial charge in [0.2, 0.25) is 0 Å². The smallest absolute Gasteiger partial charge is 0.410 e. The van der Waals surface area contributed by atoms with E-state index in [0.29, 0.717) is 13.0 Å². The number of hydrogen-bond acceptors (Lipinski definition) is 5. The van der Waals surface area contributed by atoms with Crippen molar-refractivity contribution in [2.45, 2.75) is 31.6 Å². The van der Waals surface area contributed by atoms with E-state index in [1.165, 1.54) is 12.0 Å². The van der Waals surface area contributed by atoms with Crippen molar-refractivity contribution in [2.75, 3.05) is 13.7 Å². The highest BCUT2D eigenvalue weighted by atomic mass is 16.6. The van der Waals surface area contributed by atoms with E-state index in [-0.39, 0.29) is 13.0 Å². The summed E-state index contributed by atoms with van der Waals surface area (Å²) in [5, 5.41) is 9.88. The number of aliphatic hydroxyl groups is 1. The van der Waals surface area contributed by atoms with Crippen molar-refractivity contribution < 1.29 is 24.2 Å². The average molecular weight is 293 g/mol. The molecule has 1 heterocycles. The fraction of sp³-hybridized carbons (Fsp3) is 0.467. The lowest BCUT2D eigenvalue weighted by Gasteiger charge is -2.24. The monoisotopic (exact) mass is 293 g/mol. The van der Waals surface area contributed by atoms with E-state index in [1.54, 1.807) is 0 Å². The highest BCUT2D eigenvalue weighted by molar-refractivity contribution is 5.73. The van der Waals surface area contributed by atoms with Crippen LogP contribution >= 0.6 is 0 Å². The normalized spacial score (nSPS) is 21.1. The number of amides is 1. The Morgan fingerprint density at radius 1 is 1.33 bits per heavy atom. The molecule has 0 spiro atoms. The van der Waals surface area contributed by atoms with Crippen LogP contribution in [0.4, 0.5) is 4.79 Å². The van der Waals surface area contributed by atoms with Gasteiger partial charge in [0.25, 0.3) is 0 Å². The lowest BCUT2D eigenvalue weighted by Crippen LogP contribution is -2.41. The first-order valence-corrected chi connectivity index (χ1v) is 6.84. The summed E-state index contributed by atoms with van der Waals surface area (Å²) in [5.41, 5.74) is 0.884. The molecular weight excluding hydrogens is 274 g/mol. The summed E-state index contributed by atoms with van der Waals surface area (Å²) in [5.74, 6) is -0.457. The van der Waals surface area contributed by atoms with Crippen molar-refractivity contribution in [3.8, 4) is 0 Å². The minimum atomic E-state index is -0.728. The first-order chi connectivity index (χ1) is 10.1. The Labute approximate surface area is 123 Å². The van der Waals surface area contributed by atoms with Gasteiger partial charge in [0.05, 0.1) is 25.7 Å². The van der Waals surface area contributed by atoms with Crippen LogP contribution in [0.5, 0.6) is 0 Å². The molecule has 1 amide bonds. The van der Waals surface area contributed by atoms with E-state index in [4.69, 9.17) is 4.74 Å². The third-order valence-electron chi connectivity index (χ3n) is 3.55. The molecule has 0 bridgehead atoms. The Hall–Kier alpha value is -2.08. The molecule has 6 heteroatoms. The molecule has 0 aliphatic carbocycles. The number of esters is 1. The predicted molar refractivity (Wildman–Crippen MR) is 74.4 cm³/mol. The van der Waals surface area contributed by atoms with Crippen molar-refractivity contribution >= 4 is 12.1 Å². The number of carbonyl (C=O) groups is 2. The Balaban J connectivity index is 1.92. The molecule has 1 N–H and O–H groups in total. The van der Waals surface area contributed by atoms with Crippen molar-refractivity contribution in [1.29, 1.82) is 0 Å². The van der Waals surface area contributed by atoms with Crippen molar-refractivity contribution in [3.63, 3.8) is 0 Å². The van der Waals surface area contributed by atoms with Crippen molar-refractivity contribution in [1.82, 2.24) is 4.90 Å². The van der Waals surface area contributed by atoms with Gasteiger partial charge in [-0.2, -0.15) is 0 Å². The van der Waals surface area contributed by atoms with Gasteiger partial charge in [-0.1, -0.05) is 30.3 Å². The number of hydrogen-bond donors (Lipinski definition) is 1. The first-order valence-electron chi connectivity index (χ1n) is 6.84. The zero-order valence-corrected chi connectivity index (χ0v) is 11.9. The summed E-state index contributed by atoms with van der Waals surface area (Å²) >= 11 is 0. The van der Waals surface area contributed by atoms with Gasteiger partial charge in [-0.15, -0.1) is 0 Å². The molecule has 2 atom stereocenters. The zero-order valence-electron chi connectivity index (χ0n) is 11.9. The zero-order chi connectivity index (χ0) is 15.2. The van der Waals surface area contributed by atoms with Crippen LogP contribution in [0.25, 0.3) is 0 Å². The summed E-state index contributed by atoms with van der Waals surface area (Å²) in [4.78, 5) is 24.8. The van der Waals surface area contributed by atoms with Crippen LogP contribution in [0.3, 0.4) is 0 Å². The first kappa shape index (κ1) is 15.3. The second kappa shape index (κ2) is 7.08. The third kappa shape index (κ3) is 3.95. The SMILES string of the molecule is COC(=O)C[C@H]1C(O)CCN1C(=O)OCc1ccccc1. The third-order valence-corrected chi connectivity index (χ3v) is 3.55. The van der Waals surface area contributed by atoms with Gasteiger partial charge in [-0.25, -0.2) is 4.79 Å². The number of aliphatic hydroxyl groups excluding tert-OH is 1. The number of likely N-dealkylation sites (tertiary alicyclic amines) is 1. The molecule has 1 aliphatic heterocycles. The van der Waals surface area contributed by atoms with Crippen LogP contribution in [-0.4, -0.2) is 47.9 Å². The number of ether oxygens (including phenoxy) is 2. The quantitative estimate of drug-likeness (QED) is 0.847. The second-order valence-corrected chi connectivity index (χ2v) is 4.94. The number of rotatable bonds is 4. The van der Waals surface area contributed by atoms with Crippen LogP contribution in [0, 0.1) is 0 Å². The van der Waals surface area contributed by atoms with Crippen LogP contribution in [0.2, 0.25) is 0 Å². The molecule has 2 rings (SSSR count). The number of benzene rings is 1. The minimum Gasteiger partial charge on any atom is -0.469 e. The molecule has 1 fully saturated rings. The van der Waals surface area contributed by atoms with Crippen LogP contribution < -0.4 is 0 Å². The van der Waals surface area contributed by atoms with Gasteiger partial charge < -0.3 is 19.5 Å². The molecule has 21 heavy (non-hydrogen) atoms. The van der Waals surface area contributed by atoms with Gasteiger partial charge in [0, 0.05) is 6.54 Å². The van der Waals surface area contributed by atoms with Gasteiger partial charge in [0.15, 0.2) is 0 Å². The molecule has 1 unspecified atom stereocenters. The molecule has 6 nitrogen and oxygen atoms in total. The summed E-state index contributed by atoms with van der Waals surface area (Å²) < 4.78 is 9.82. The summed E-state index contributed by atoms with van der Waals surface area (Å²) in [6, 6.07) is 8.75. The Morgan fingerprint density at radius 2 is 2.05 bits per heavy atom. The highest BCUT2D eigenvalue weighted by Crippen LogP contribution is 2.22. The summed E-state index contributed by atoms with van der Waals surface area (Å²) in [6.45, 7) is 0.535. The topological polar surface area (TPSA) is 76.1 Å². The molecule has 1 aromatic carbocycles. The lowest BCUT2D eigenvalue weighted by atomic mass is 10.1. The standard InChI is InChI=1S/C15H19NO5/c1-20-14(18)9-12-13(17)7-8-16(12)15(19)21-10-11-5-3-2-4-6-11/h2-6,12-13,17H,7-10H2,1H3/t12-,13?/m0/s1. The molecule has 0 saturated carbocycles. The fourth-order valence-corrected chi connectivity index (χ4v) is 2.37. The van der Waals surface area contributed by atoms with Crippen LogP contribution in [-0.2, 0) is 20.9 Å². The Kier molecular flexibility index (Phi) is 5.16. The average Bonchev–Trinajstić information content (AvgIpc) is 2.87. The molecular formula is C15H19NO5. The van der Waals surface area contributed by atoms with Crippen LogP contribution in [0.1, 0.15) is 18.4 Å². The fourth-order valence-electron chi connectivity index (χ4n) is 2.37. The van der Waals surface area contributed by atoms with E-state index in [1.807, 2.05) is 30.3 Å². The van der Waals surface area contributed by atoms with Gasteiger partial charge >= 0.3 is 12.1 Å². The van der Waals surface area contributed by atoms with Crippen molar-refractivity contribution in [3.05, 3.63) is 35.9 Å². The molecule has 0 aromatic heterocycles. The van der Waals surface area contributed by atoms with E-state index in [2.05, 4.69) is 4.74 Å². The van der Waals surface area contributed by atoms with Crippen molar-refractivity contribution in [2.24, 2.45) is 0 Å². The maximum absolute atomic E-state index is 12.1. The molecule has 1 saturated heterocycles. The molecule has 1 aliphatic rings. The highest BCUT2D eigenvalue weighted by Gasteiger charge is 2.38. The lowest BCUT2D eigenvalue weighted by molar-refractivity contribution is -0.142. The summed E-state index contributed by atoms with van der Waals surface area (Å²) in [6.07, 6.45) is -0.849. The second-order valence-electron chi connectivity index (χ2n) is 4.94. The maximum atomic E-state index is 12.1.